The second-order valence-electron chi connectivity index (χ2n) is 4.97. The van der Waals surface area contributed by atoms with Gasteiger partial charge in [0.25, 0.3) is 0 Å². The Morgan fingerprint density at radius 3 is 3.06 bits per heavy atom. The van der Waals surface area contributed by atoms with E-state index in [2.05, 4.69) is 25.4 Å². The number of hydrogen-bond acceptors (Lipinski definition) is 5. The normalized spacial score (nSPS) is 26.0. The van der Waals surface area contributed by atoms with Gasteiger partial charge in [-0.1, -0.05) is 0 Å². The average Bonchev–Trinajstić information content (AvgIpc) is 2.76. The van der Waals surface area contributed by atoms with Gasteiger partial charge in [-0.2, -0.15) is 4.98 Å². The van der Waals surface area contributed by atoms with E-state index in [9.17, 15) is 0 Å². The minimum Gasteiger partial charge on any atom is -0.370 e. The number of rotatable bonds is 2. The summed E-state index contributed by atoms with van der Waals surface area (Å²) in [6.07, 6.45) is 4.69. The minimum atomic E-state index is 0.116. The molecule has 0 aromatic carbocycles. The first-order chi connectivity index (χ1) is 8.93. The first-order valence-electron chi connectivity index (χ1n) is 6.93. The summed E-state index contributed by atoms with van der Waals surface area (Å²) in [7, 11) is 0. The van der Waals surface area contributed by atoms with Crippen LogP contribution >= 0.6 is 0 Å². The summed E-state index contributed by atoms with van der Waals surface area (Å²) in [5.74, 6) is 1.71. The Morgan fingerprint density at radius 2 is 2.17 bits per heavy atom. The third-order valence-corrected chi connectivity index (χ3v) is 3.60. The van der Waals surface area contributed by atoms with Gasteiger partial charge in [0.1, 0.15) is 6.10 Å². The van der Waals surface area contributed by atoms with Gasteiger partial charge in [-0.15, -0.1) is 5.10 Å². The second-order valence-corrected chi connectivity index (χ2v) is 4.97. The topological polar surface area (TPSA) is 66.1 Å². The van der Waals surface area contributed by atoms with E-state index in [1.165, 1.54) is 6.42 Å². The summed E-state index contributed by atoms with van der Waals surface area (Å²) >= 11 is 0. The van der Waals surface area contributed by atoms with Crippen molar-refractivity contribution in [1.82, 2.24) is 20.5 Å². The lowest BCUT2D eigenvalue weighted by atomic mass is 10.1. The Kier molecular flexibility index (Phi) is 3.75. The Balaban J connectivity index is 1.67. The summed E-state index contributed by atoms with van der Waals surface area (Å²) in [5, 5.41) is 10.8. The SMILES string of the molecule is C1CCC(c2nc(N3CCCNCC3)n[nH]2)OC1. The summed E-state index contributed by atoms with van der Waals surface area (Å²) in [6.45, 7) is 4.93. The van der Waals surface area contributed by atoms with Crippen molar-refractivity contribution in [3.8, 4) is 0 Å². The molecule has 1 aromatic heterocycles. The van der Waals surface area contributed by atoms with Crippen molar-refractivity contribution in [2.75, 3.05) is 37.7 Å². The van der Waals surface area contributed by atoms with Crippen molar-refractivity contribution >= 4 is 5.95 Å². The molecule has 1 atom stereocenters. The zero-order chi connectivity index (χ0) is 12.2. The van der Waals surface area contributed by atoms with E-state index in [1.807, 2.05) is 0 Å². The van der Waals surface area contributed by atoms with Gasteiger partial charge in [-0.25, -0.2) is 0 Å². The molecule has 2 fully saturated rings. The first-order valence-corrected chi connectivity index (χ1v) is 6.93. The molecule has 2 N–H and O–H groups in total. The van der Waals surface area contributed by atoms with Gasteiger partial charge in [0.05, 0.1) is 0 Å². The highest BCUT2D eigenvalue weighted by Crippen LogP contribution is 2.26. The summed E-state index contributed by atoms with van der Waals surface area (Å²) < 4.78 is 5.72. The first kappa shape index (κ1) is 11.9. The molecule has 0 spiro atoms. The Labute approximate surface area is 107 Å². The number of ether oxygens (including phenoxy) is 1. The fourth-order valence-corrected chi connectivity index (χ4v) is 2.55. The summed E-state index contributed by atoms with van der Waals surface area (Å²) in [6, 6.07) is 0. The zero-order valence-corrected chi connectivity index (χ0v) is 10.7. The molecule has 6 heteroatoms. The van der Waals surface area contributed by atoms with Crippen LogP contribution in [0, 0.1) is 0 Å². The van der Waals surface area contributed by atoms with Crippen LogP contribution in [-0.2, 0) is 4.74 Å². The van der Waals surface area contributed by atoms with Gasteiger partial charge < -0.3 is 15.0 Å². The highest BCUT2D eigenvalue weighted by molar-refractivity contribution is 5.29. The third-order valence-electron chi connectivity index (χ3n) is 3.60. The number of H-pyrrole nitrogens is 1. The van der Waals surface area contributed by atoms with Crippen LogP contribution in [0.1, 0.15) is 37.6 Å². The van der Waals surface area contributed by atoms with Crippen LogP contribution in [0.5, 0.6) is 0 Å². The van der Waals surface area contributed by atoms with Crippen molar-refractivity contribution in [3.05, 3.63) is 5.82 Å². The van der Waals surface area contributed by atoms with Crippen LogP contribution < -0.4 is 10.2 Å². The predicted molar refractivity (Wildman–Crippen MR) is 68.6 cm³/mol. The van der Waals surface area contributed by atoms with E-state index < -0.39 is 0 Å². The van der Waals surface area contributed by atoms with Crippen LogP contribution in [-0.4, -0.2) is 48.0 Å². The van der Waals surface area contributed by atoms with E-state index in [0.29, 0.717) is 0 Å². The standard InChI is InChI=1S/C12H21N5O/c1-2-9-18-10(4-1)11-14-12(16-15-11)17-7-3-5-13-6-8-17/h10,13H,1-9H2,(H,14,15,16). The molecule has 0 saturated carbocycles. The maximum Gasteiger partial charge on any atom is 0.244 e. The molecule has 18 heavy (non-hydrogen) atoms. The molecule has 2 saturated heterocycles. The van der Waals surface area contributed by atoms with E-state index in [1.54, 1.807) is 0 Å². The maximum absolute atomic E-state index is 5.72. The minimum absolute atomic E-state index is 0.116. The Hall–Kier alpha value is -1.14. The largest absolute Gasteiger partial charge is 0.370 e. The summed E-state index contributed by atoms with van der Waals surface area (Å²) in [4.78, 5) is 6.84. The van der Waals surface area contributed by atoms with Crippen molar-refractivity contribution in [2.45, 2.75) is 31.8 Å². The fraction of sp³-hybridized carbons (Fsp3) is 0.833. The fourth-order valence-electron chi connectivity index (χ4n) is 2.55. The highest BCUT2D eigenvalue weighted by atomic mass is 16.5. The van der Waals surface area contributed by atoms with Crippen LogP contribution in [0.2, 0.25) is 0 Å². The Morgan fingerprint density at radius 1 is 1.17 bits per heavy atom. The summed E-state index contributed by atoms with van der Waals surface area (Å²) in [5.41, 5.74) is 0. The molecule has 2 aliphatic rings. The third kappa shape index (κ3) is 2.64. The van der Waals surface area contributed by atoms with Crippen molar-refractivity contribution < 1.29 is 4.74 Å². The molecule has 0 bridgehead atoms. The van der Waals surface area contributed by atoms with Gasteiger partial charge in [-0.05, 0) is 32.2 Å². The van der Waals surface area contributed by atoms with Crippen LogP contribution in [0.3, 0.4) is 0 Å². The molecule has 6 nitrogen and oxygen atoms in total. The number of nitrogens with zero attached hydrogens (tertiary/aromatic N) is 3. The number of anilines is 1. The van der Waals surface area contributed by atoms with Crippen molar-refractivity contribution in [3.63, 3.8) is 0 Å². The number of aromatic amines is 1. The molecule has 1 unspecified atom stereocenters. The molecule has 1 aromatic rings. The Bertz CT molecular complexity index is 366. The lowest BCUT2D eigenvalue weighted by Gasteiger charge is -2.20. The maximum atomic E-state index is 5.72. The molecule has 0 aliphatic carbocycles. The molecule has 0 amide bonds. The van der Waals surface area contributed by atoms with Gasteiger partial charge in [-0.3, -0.25) is 5.10 Å². The van der Waals surface area contributed by atoms with E-state index in [4.69, 9.17) is 4.74 Å². The van der Waals surface area contributed by atoms with Gasteiger partial charge >= 0.3 is 0 Å². The van der Waals surface area contributed by atoms with E-state index in [0.717, 1.165) is 63.8 Å². The van der Waals surface area contributed by atoms with Gasteiger partial charge in [0, 0.05) is 26.2 Å². The predicted octanol–water partition coefficient (Wildman–Crippen LogP) is 0.846. The van der Waals surface area contributed by atoms with Crippen molar-refractivity contribution in [2.24, 2.45) is 0 Å². The average molecular weight is 251 g/mol. The molecule has 3 rings (SSSR count). The molecule has 3 heterocycles. The smallest absolute Gasteiger partial charge is 0.244 e. The van der Waals surface area contributed by atoms with Crippen molar-refractivity contribution in [1.29, 1.82) is 0 Å². The molecule has 2 aliphatic heterocycles. The molecule has 100 valence electrons. The second kappa shape index (κ2) is 5.67. The molecular weight excluding hydrogens is 230 g/mol. The van der Waals surface area contributed by atoms with E-state index in [-0.39, 0.29) is 6.10 Å². The van der Waals surface area contributed by atoms with Gasteiger partial charge in [0.2, 0.25) is 5.95 Å². The molecule has 0 radical (unpaired) electrons. The molecular formula is C12H21N5O. The number of aromatic nitrogens is 3. The number of hydrogen-bond donors (Lipinski definition) is 2. The number of nitrogens with one attached hydrogen (secondary N) is 2. The van der Waals surface area contributed by atoms with E-state index >= 15 is 0 Å². The quantitative estimate of drug-likeness (QED) is 0.815. The van der Waals surface area contributed by atoms with Crippen LogP contribution in [0.4, 0.5) is 5.95 Å². The lowest BCUT2D eigenvalue weighted by Crippen LogP contribution is -2.28. The van der Waals surface area contributed by atoms with Crippen LogP contribution in [0.15, 0.2) is 0 Å². The van der Waals surface area contributed by atoms with Crippen LogP contribution in [0.25, 0.3) is 0 Å². The lowest BCUT2D eigenvalue weighted by molar-refractivity contribution is 0.00969. The monoisotopic (exact) mass is 251 g/mol. The highest BCUT2D eigenvalue weighted by Gasteiger charge is 2.21. The van der Waals surface area contributed by atoms with Gasteiger partial charge in [0.15, 0.2) is 5.82 Å². The zero-order valence-electron chi connectivity index (χ0n) is 10.7.